The first-order valence-corrected chi connectivity index (χ1v) is 13.7. The molecule has 2 aromatic carbocycles. The molecule has 0 bridgehead atoms. The van der Waals surface area contributed by atoms with Gasteiger partial charge in [-0.2, -0.15) is 5.26 Å². The van der Waals surface area contributed by atoms with E-state index >= 15 is 0 Å². The third kappa shape index (κ3) is 7.49. The molecule has 0 unspecified atom stereocenters. The van der Waals surface area contributed by atoms with Gasteiger partial charge in [0.1, 0.15) is 16.8 Å². The third-order valence-electron chi connectivity index (χ3n) is 5.24. The Bertz CT molecular complexity index is 1350. The van der Waals surface area contributed by atoms with Crippen LogP contribution in [0.1, 0.15) is 36.2 Å². The van der Waals surface area contributed by atoms with Gasteiger partial charge in [-0.05, 0) is 47.7 Å². The minimum absolute atomic E-state index is 0.136. The fourth-order valence-corrected chi connectivity index (χ4v) is 5.84. The Labute approximate surface area is 215 Å². The molecule has 0 aliphatic heterocycles. The molecular formula is C26H28N4O4S2. The van der Waals surface area contributed by atoms with Crippen molar-refractivity contribution in [2.45, 2.75) is 37.1 Å². The topological polar surface area (TPSA) is 128 Å². The molecule has 3 N–H and O–H groups in total. The van der Waals surface area contributed by atoms with Gasteiger partial charge in [0, 0.05) is 17.0 Å². The average molecular weight is 525 g/mol. The van der Waals surface area contributed by atoms with Crippen LogP contribution < -0.4 is 15.4 Å². The minimum Gasteiger partial charge on any atom is -0.341 e. The number of thiophene rings is 1. The molecule has 188 valence electrons. The minimum atomic E-state index is -3.69. The summed E-state index contributed by atoms with van der Waals surface area (Å²) in [6, 6.07) is 20.4. The van der Waals surface area contributed by atoms with Crippen LogP contribution in [0.15, 0.2) is 70.9 Å². The molecular weight excluding hydrogens is 496 g/mol. The van der Waals surface area contributed by atoms with Gasteiger partial charge in [-0.15, -0.1) is 11.3 Å². The van der Waals surface area contributed by atoms with Gasteiger partial charge in [-0.1, -0.05) is 56.3 Å². The van der Waals surface area contributed by atoms with Crippen molar-refractivity contribution in [1.82, 2.24) is 15.4 Å². The third-order valence-corrected chi connectivity index (χ3v) is 8.26. The molecule has 1 heterocycles. The Morgan fingerprint density at radius 3 is 2.47 bits per heavy atom. The summed E-state index contributed by atoms with van der Waals surface area (Å²) in [6.45, 7) is 3.93. The van der Waals surface area contributed by atoms with Crippen molar-refractivity contribution in [3.63, 3.8) is 0 Å². The number of hydrogen-bond acceptors (Lipinski definition) is 6. The van der Waals surface area contributed by atoms with Crippen molar-refractivity contribution in [3.8, 4) is 16.5 Å². The zero-order valence-electron chi connectivity index (χ0n) is 20.0. The van der Waals surface area contributed by atoms with Crippen molar-refractivity contribution in [1.29, 1.82) is 5.26 Å². The van der Waals surface area contributed by atoms with E-state index in [1.165, 1.54) is 6.07 Å². The second-order valence-electron chi connectivity index (χ2n) is 8.54. The highest BCUT2D eigenvalue weighted by atomic mass is 32.2. The van der Waals surface area contributed by atoms with Gasteiger partial charge in [-0.25, -0.2) is 13.1 Å². The first-order chi connectivity index (χ1) is 17.2. The second kappa shape index (κ2) is 12.4. The lowest BCUT2D eigenvalue weighted by Gasteiger charge is -2.19. The molecule has 3 aromatic rings. The maximum Gasteiger partial charge on any atom is 0.251 e. The SMILES string of the molecule is CC(C)C[C@H](NC(=O)c1cccc(-c2ccc(S(=O)(=O)NCc3ccccc3)s2)c1)C(=O)NCC#N. The monoisotopic (exact) mass is 524 g/mol. The predicted octanol–water partition coefficient (Wildman–Crippen LogP) is 3.68. The van der Waals surface area contributed by atoms with Crippen LogP contribution in [0.2, 0.25) is 0 Å². The molecule has 8 nitrogen and oxygen atoms in total. The fraction of sp³-hybridized carbons (Fsp3) is 0.269. The van der Waals surface area contributed by atoms with E-state index in [1.54, 1.807) is 30.3 Å². The molecule has 0 fully saturated rings. The molecule has 0 aliphatic rings. The van der Waals surface area contributed by atoms with Crippen molar-refractivity contribution in [3.05, 3.63) is 77.9 Å². The van der Waals surface area contributed by atoms with Crippen molar-refractivity contribution < 1.29 is 18.0 Å². The Kier molecular flexibility index (Phi) is 9.36. The number of nitrogens with one attached hydrogen (secondary N) is 3. The van der Waals surface area contributed by atoms with Crippen molar-refractivity contribution in [2.75, 3.05) is 6.54 Å². The lowest BCUT2D eigenvalue weighted by molar-refractivity contribution is -0.123. The summed E-state index contributed by atoms with van der Waals surface area (Å²) in [7, 11) is -3.69. The number of nitriles is 1. The van der Waals surface area contributed by atoms with Crippen LogP contribution in [0.4, 0.5) is 0 Å². The molecule has 2 amide bonds. The Hall–Kier alpha value is -3.52. The van der Waals surface area contributed by atoms with Gasteiger partial charge in [-0.3, -0.25) is 9.59 Å². The van der Waals surface area contributed by atoms with E-state index in [0.717, 1.165) is 16.9 Å². The molecule has 1 aromatic heterocycles. The van der Waals surface area contributed by atoms with Crippen LogP contribution in [-0.2, 0) is 21.4 Å². The number of rotatable bonds is 11. The summed E-state index contributed by atoms with van der Waals surface area (Å²) < 4.78 is 28.3. The van der Waals surface area contributed by atoms with Gasteiger partial charge < -0.3 is 10.6 Å². The van der Waals surface area contributed by atoms with Crippen LogP contribution in [0.3, 0.4) is 0 Å². The average Bonchev–Trinajstić information content (AvgIpc) is 3.38. The quantitative estimate of drug-likeness (QED) is 0.330. The summed E-state index contributed by atoms with van der Waals surface area (Å²) in [6.07, 6.45) is 0.421. The van der Waals surface area contributed by atoms with E-state index in [9.17, 15) is 18.0 Å². The fourth-order valence-electron chi connectivity index (χ4n) is 3.47. The number of benzene rings is 2. The number of carbonyl (C=O) groups is 2. The van der Waals surface area contributed by atoms with E-state index < -0.39 is 27.9 Å². The van der Waals surface area contributed by atoms with E-state index in [-0.39, 0.29) is 23.2 Å². The Balaban J connectivity index is 1.73. The lowest BCUT2D eigenvalue weighted by Crippen LogP contribution is -2.47. The van der Waals surface area contributed by atoms with Crippen LogP contribution in [-0.4, -0.2) is 32.8 Å². The number of hydrogen-bond donors (Lipinski definition) is 3. The predicted molar refractivity (Wildman–Crippen MR) is 140 cm³/mol. The smallest absolute Gasteiger partial charge is 0.251 e. The molecule has 36 heavy (non-hydrogen) atoms. The van der Waals surface area contributed by atoms with Crippen LogP contribution in [0, 0.1) is 17.2 Å². The normalized spacial score (nSPS) is 12.1. The molecule has 10 heteroatoms. The van der Waals surface area contributed by atoms with E-state index in [4.69, 9.17) is 5.26 Å². The largest absolute Gasteiger partial charge is 0.341 e. The first kappa shape index (κ1) is 27.1. The molecule has 0 spiro atoms. The van der Waals surface area contributed by atoms with Crippen LogP contribution in [0.5, 0.6) is 0 Å². The van der Waals surface area contributed by atoms with Crippen LogP contribution in [0.25, 0.3) is 10.4 Å². The van der Waals surface area contributed by atoms with Gasteiger partial charge in [0.05, 0.1) is 6.07 Å². The highest BCUT2D eigenvalue weighted by Crippen LogP contribution is 2.31. The molecule has 3 rings (SSSR count). The lowest BCUT2D eigenvalue weighted by atomic mass is 10.0. The van der Waals surface area contributed by atoms with Crippen molar-refractivity contribution in [2.24, 2.45) is 5.92 Å². The zero-order chi connectivity index (χ0) is 26.1. The summed E-state index contributed by atoms with van der Waals surface area (Å²) in [5.74, 6) is -0.689. The zero-order valence-corrected chi connectivity index (χ0v) is 21.7. The number of carbonyl (C=O) groups excluding carboxylic acids is 2. The molecule has 0 aliphatic carbocycles. The second-order valence-corrected chi connectivity index (χ2v) is 11.6. The number of sulfonamides is 1. The number of nitrogens with zero attached hydrogens (tertiary/aromatic N) is 1. The highest BCUT2D eigenvalue weighted by molar-refractivity contribution is 7.91. The van der Waals surface area contributed by atoms with Crippen LogP contribution >= 0.6 is 11.3 Å². The van der Waals surface area contributed by atoms with Gasteiger partial charge in [0.25, 0.3) is 5.91 Å². The molecule has 0 saturated carbocycles. The van der Waals surface area contributed by atoms with E-state index in [0.29, 0.717) is 22.4 Å². The first-order valence-electron chi connectivity index (χ1n) is 11.4. The highest BCUT2D eigenvalue weighted by Gasteiger charge is 2.23. The Morgan fingerprint density at radius 1 is 1.03 bits per heavy atom. The number of amides is 2. The maximum atomic E-state index is 12.9. The molecule has 0 saturated heterocycles. The van der Waals surface area contributed by atoms with E-state index in [2.05, 4.69) is 15.4 Å². The standard InChI is InChI=1S/C26H28N4O4S2/c1-18(2)15-22(26(32)28-14-13-27)30-25(31)21-10-6-9-20(16-21)23-11-12-24(35-23)36(33,34)29-17-19-7-4-3-5-8-19/h3-12,16,18,22,29H,14-15,17H2,1-2H3,(H,28,32)(H,30,31)/t22-/m0/s1. The maximum absolute atomic E-state index is 12.9. The van der Waals surface area contributed by atoms with E-state index in [1.807, 2.05) is 50.2 Å². The van der Waals surface area contributed by atoms with Gasteiger partial charge in [0.2, 0.25) is 15.9 Å². The summed E-state index contributed by atoms with van der Waals surface area (Å²) >= 11 is 1.11. The summed E-state index contributed by atoms with van der Waals surface area (Å²) in [4.78, 5) is 26.0. The molecule has 1 atom stereocenters. The summed E-state index contributed by atoms with van der Waals surface area (Å²) in [5, 5.41) is 14.0. The molecule has 0 radical (unpaired) electrons. The van der Waals surface area contributed by atoms with Gasteiger partial charge in [0.15, 0.2) is 0 Å². The Morgan fingerprint density at radius 2 is 1.78 bits per heavy atom. The summed E-state index contributed by atoms with van der Waals surface area (Å²) in [5.41, 5.74) is 1.88. The van der Waals surface area contributed by atoms with Crippen molar-refractivity contribution >= 4 is 33.2 Å². The van der Waals surface area contributed by atoms with Gasteiger partial charge >= 0.3 is 0 Å².